The molecule has 0 aliphatic heterocycles. The lowest BCUT2D eigenvalue weighted by Crippen LogP contribution is -1.97. The van der Waals surface area contributed by atoms with Gasteiger partial charge in [-0.25, -0.2) is 0 Å². The summed E-state index contributed by atoms with van der Waals surface area (Å²) in [6, 6.07) is 17.0. The first kappa shape index (κ1) is 11.9. The topological polar surface area (TPSA) is 17.1 Å². The quantitative estimate of drug-likeness (QED) is 0.440. The van der Waals surface area contributed by atoms with Crippen LogP contribution in [0.1, 0.15) is 21.5 Å². The van der Waals surface area contributed by atoms with Crippen molar-refractivity contribution in [2.75, 3.05) is 0 Å². The van der Waals surface area contributed by atoms with E-state index in [1.165, 1.54) is 6.08 Å². The first-order valence-electron chi connectivity index (χ1n) is 5.64. The summed E-state index contributed by atoms with van der Waals surface area (Å²) in [6.45, 7) is 3.50. The molecule has 0 saturated carbocycles. The number of carbonyl (C=O) groups is 1. The number of rotatable bonds is 2. The summed E-state index contributed by atoms with van der Waals surface area (Å²) >= 11 is 0. The Balaban J connectivity index is 2.39. The molecule has 0 unspecified atom stereocenters. The number of ketones is 1. The Bertz CT molecular complexity index is 627. The second-order valence-electron chi connectivity index (χ2n) is 3.73. The lowest BCUT2D eigenvalue weighted by molar-refractivity contribution is 0.104. The summed E-state index contributed by atoms with van der Waals surface area (Å²) in [5.41, 5.74) is 2.25. The largest absolute Gasteiger partial charge is 0.289 e. The van der Waals surface area contributed by atoms with E-state index in [9.17, 15) is 4.79 Å². The van der Waals surface area contributed by atoms with Gasteiger partial charge in [-0.3, -0.25) is 4.79 Å². The highest BCUT2D eigenvalue weighted by molar-refractivity contribution is 6.05. The molecule has 1 nitrogen and oxygen atoms in total. The predicted molar refractivity (Wildman–Crippen MR) is 73.4 cm³/mol. The smallest absolute Gasteiger partial charge is 0.186 e. The molecule has 0 saturated heterocycles. The van der Waals surface area contributed by atoms with Gasteiger partial charge in [0.25, 0.3) is 0 Å². The van der Waals surface area contributed by atoms with Gasteiger partial charge in [-0.15, -0.1) is 0 Å². The van der Waals surface area contributed by atoms with Crippen LogP contribution in [0.2, 0.25) is 0 Å². The Kier molecular flexibility index (Phi) is 3.73. The van der Waals surface area contributed by atoms with Crippen LogP contribution in [0.15, 0.2) is 67.3 Å². The van der Waals surface area contributed by atoms with E-state index in [0.29, 0.717) is 5.56 Å². The standard InChI is InChI=1S/C17H12O/c1-2-17(18)16-11-7-6-10-15(16)13-12-14-8-4-3-5-9-14/h2-11H,1H2. The minimum Gasteiger partial charge on any atom is -0.289 e. The Morgan fingerprint density at radius 3 is 2.33 bits per heavy atom. The molecule has 0 heterocycles. The third-order valence-corrected chi connectivity index (χ3v) is 2.49. The fourth-order valence-electron chi connectivity index (χ4n) is 1.58. The second kappa shape index (κ2) is 5.65. The lowest BCUT2D eigenvalue weighted by atomic mass is 10.0. The van der Waals surface area contributed by atoms with Gasteiger partial charge in [0.2, 0.25) is 0 Å². The fraction of sp³-hybridized carbons (Fsp3) is 0. The van der Waals surface area contributed by atoms with Gasteiger partial charge in [0.1, 0.15) is 0 Å². The average Bonchev–Trinajstić information content (AvgIpc) is 2.45. The molecule has 2 aromatic carbocycles. The van der Waals surface area contributed by atoms with Crippen molar-refractivity contribution in [3.8, 4) is 11.8 Å². The summed E-state index contributed by atoms with van der Waals surface area (Å²) < 4.78 is 0. The van der Waals surface area contributed by atoms with Crippen molar-refractivity contribution in [3.05, 3.63) is 83.9 Å². The molecule has 0 spiro atoms. The monoisotopic (exact) mass is 232 g/mol. The van der Waals surface area contributed by atoms with Crippen LogP contribution >= 0.6 is 0 Å². The van der Waals surface area contributed by atoms with Crippen molar-refractivity contribution in [3.63, 3.8) is 0 Å². The summed E-state index contributed by atoms with van der Waals surface area (Å²) in [6.07, 6.45) is 1.31. The number of benzene rings is 2. The maximum absolute atomic E-state index is 11.7. The highest BCUT2D eigenvalue weighted by atomic mass is 16.1. The number of hydrogen-bond acceptors (Lipinski definition) is 1. The average molecular weight is 232 g/mol. The number of carbonyl (C=O) groups excluding carboxylic acids is 1. The van der Waals surface area contributed by atoms with Gasteiger partial charge >= 0.3 is 0 Å². The Labute approximate surface area is 107 Å². The number of hydrogen-bond donors (Lipinski definition) is 0. The molecule has 86 valence electrons. The Morgan fingerprint density at radius 1 is 0.944 bits per heavy atom. The van der Waals surface area contributed by atoms with Crippen LogP contribution < -0.4 is 0 Å². The minimum atomic E-state index is -0.104. The summed E-state index contributed by atoms with van der Waals surface area (Å²) in [7, 11) is 0. The highest BCUT2D eigenvalue weighted by Crippen LogP contribution is 2.09. The molecule has 0 fully saturated rings. The zero-order valence-corrected chi connectivity index (χ0v) is 9.89. The van der Waals surface area contributed by atoms with Crippen LogP contribution in [0.5, 0.6) is 0 Å². The van der Waals surface area contributed by atoms with Crippen molar-refractivity contribution >= 4 is 5.78 Å². The molecule has 0 N–H and O–H groups in total. The zero-order chi connectivity index (χ0) is 12.8. The van der Waals surface area contributed by atoms with Crippen LogP contribution in [-0.4, -0.2) is 5.78 Å². The Morgan fingerprint density at radius 2 is 1.61 bits per heavy atom. The van der Waals surface area contributed by atoms with E-state index in [1.54, 1.807) is 6.07 Å². The first-order valence-corrected chi connectivity index (χ1v) is 5.64. The van der Waals surface area contributed by atoms with Crippen LogP contribution in [0.4, 0.5) is 0 Å². The maximum Gasteiger partial charge on any atom is 0.186 e. The SMILES string of the molecule is C=CC(=O)c1ccccc1C#Cc1ccccc1. The van der Waals surface area contributed by atoms with Crippen molar-refractivity contribution in [1.82, 2.24) is 0 Å². The van der Waals surface area contributed by atoms with Crippen molar-refractivity contribution in [2.24, 2.45) is 0 Å². The van der Waals surface area contributed by atoms with E-state index >= 15 is 0 Å². The van der Waals surface area contributed by atoms with E-state index in [-0.39, 0.29) is 5.78 Å². The van der Waals surface area contributed by atoms with E-state index in [2.05, 4.69) is 18.4 Å². The van der Waals surface area contributed by atoms with Crippen LogP contribution in [0, 0.1) is 11.8 Å². The van der Waals surface area contributed by atoms with E-state index in [0.717, 1.165) is 11.1 Å². The van der Waals surface area contributed by atoms with Gasteiger partial charge in [-0.1, -0.05) is 48.8 Å². The van der Waals surface area contributed by atoms with Crippen LogP contribution in [0.25, 0.3) is 0 Å². The minimum absolute atomic E-state index is 0.104. The van der Waals surface area contributed by atoms with Gasteiger partial charge in [0.05, 0.1) is 0 Å². The van der Waals surface area contributed by atoms with Gasteiger partial charge in [-0.05, 0) is 30.3 Å². The molecular weight excluding hydrogens is 220 g/mol. The molecule has 0 radical (unpaired) electrons. The van der Waals surface area contributed by atoms with Crippen molar-refractivity contribution < 1.29 is 4.79 Å². The zero-order valence-electron chi connectivity index (χ0n) is 9.89. The van der Waals surface area contributed by atoms with Crippen LogP contribution in [0.3, 0.4) is 0 Å². The molecule has 1 heteroatoms. The molecule has 0 bridgehead atoms. The van der Waals surface area contributed by atoms with E-state index < -0.39 is 0 Å². The molecular formula is C17H12O. The van der Waals surface area contributed by atoms with Gasteiger partial charge in [-0.2, -0.15) is 0 Å². The molecule has 2 rings (SSSR count). The van der Waals surface area contributed by atoms with Gasteiger partial charge in [0, 0.05) is 16.7 Å². The maximum atomic E-state index is 11.7. The lowest BCUT2D eigenvalue weighted by Gasteiger charge is -1.98. The summed E-state index contributed by atoms with van der Waals surface area (Å²) in [4.78, 5) is 11.7. The van der Waals surface area contributed by atoms with Crippen molar-refractivity contribution in [2.45, 2.75) is 0 Å². The van der Waals surface area contributed by atoms with E-state index in [1.807, 2.05) is 48.5 Å². The molecule has 0 aromatic heterocycles. The van der Waals surface area contributed by atoms with Crippen molar-refractivity contribution in [1.29, 1.82) is 0 Å². The summed E-state index contributed by atoms with van der Waals surface area (Å²) in [5, 5.41) is 0. The normalized spacial score (nSPS) is 9.11. The van der Waals surface area contributed by atoms with Gasteiger partial charge < -0.3 is 0 Å². The predicted octanol–water partition coefficient (Wildman–Crippen LogP) is 3.46. The highest BCUT2D eigenvalue weighted by Gasteiger charge is 2.04. The third-order valence-electron chi connectivity index (χ3n) is 2.49. The molecule has 0 atom stereocenters. The van der Waals surface area contributed by atoms with E-state index in [4.69, 9.17) is 0 Å². The molecule has 2 aromatic rings. The van der Waals surface area contributed by atoms with Gasteiger partial charge in [0.15, 0.2) is 5.78 Å². The molecule has 0 aliphatic rings. The first-order chi connectivity index (χ1) is 8.81. The molecule has 18 heavy (non-hydrogen) atoms. The fourth-order valence-corrected chi connectivity index (χ4v) is 1.58. The second-order valence-corrected chi connectivity index (χ2v) is 3.73. The number of allylic oxidation sites excluding steroid dienone is 1. The summed E-state index contributed by atoms with van der Waals surface area (Å²) in [5.74, 6) is 5.97. The third kappa shape index (κ3) is 2.75. The Hall–Kier alpha value is -2.59. The molecule has 0 amide bonds. The molecule has 0 aliphatic carbocycles. The van der Waals surface area contributed by atoms with Crippen LogP contribution in [-0.2, 0) is 0 Å².